The molecule has 3 rings (SSSR count). The summed E-state index contributed by atoms with van der Waals surface area (Å²) in [7, 11) is 0. The van der Waals surface area contributed by atoms with E-state index >= 15 is 0 Å². The Morgan fingerprint density at radius 3 is 3.10 bits per heavy atom. The molecular weight excluding hydrogens is 286 g/mol. The van der Waals surface area contributed by atoms with Crippen LogP contribution in [0.2, 0.25) is 0 Å². The van der Waals surface area contributed by atoms with Crippen LogP contribution in [-0.2, 0) is 11.2 Å². The molecule has 2 N–H and O–H groups in total. The third kappa shape index (κ3) is 3.44. The zero-order chi connectivity index (χ0) is 14.7. The number of thiazole rings is 1. The molecule has 0 aromatic carbocycles. The van der Waals surface area contributed by atoms with Crippen LogP contribution in [-0.4, -0.2) is 33.0 Å². The molecule has 2 heterocycles. The van der Waals surface area contributed by atoms with E-state index in [0.717, 1.165) is 36.3 Å². The van der Waals surface area contributed by atoms with Gasteiger partial charge in [0.15, 0.2) is 4.96 Å². The summed E-state index contributed by atoms with van der Waals surface area (Å²) < 4.78 is 1.94. The molecule has 0 saturated heterocycles. The van der Waals surface area contributed by atoms with Gasteiger partial charge in [-0.15, -0.1) is 11.3 Å². The molecule has 0 bridgehead atoms. The molecule has 0 spiro atoms. The van der Waals surface area contributed by atoms with Crippen LogP contribution in [0.5, 0.6) is 0 Å². The molecule has 2 unspecified atom stereocenters. The van der Waals surface area contributed by atoms with Gasteiger partial charge < -0.3 is 10.4 Å². The summed E-state index contributed by atoms with van der Waals surface area (Å²) in [5.41, 5.74) is 0.800. The van der Waals surface area contributed by atoms with Crippen LogP contribution in [0.15, 0.2) is 17.8 Å². The molecule has 1 aliphatic carbocycles. The minimum atomic E-state index is 0.00565. The number of nitrogens with one attached hydrogen (secondary N) is 1. The van der Waals surface area contributed by atoms with E-state index in [1.165, 1.54) is 6.42 Å². The van der Waals surface area contributed by atoms with Gasteiger partial charge in [0.1, 0.15) is 0 Å². The van der Waals surface area contributed by atoms with Gasteiger partial charge in [-0.05, 0) is 12.8 Å². The third-order valence-electron chi connectivity index (χ3n) is 4.22. The molecule has 21 heavy (non-hydrogen) atoms. The largest absolute Gasteiger partial charge is 0.396 e. The Morgan fingerprint density at radius 2 is 2.29 bits per heavy atom. The maximum absolute atomic E-state index is 12.2. The summed E-state index contributed by atoms with van der Waals surface area (Å²) in [6.45, 7) is 0.158. The number of amides is 1. The zero-order valence-electron chi connectivity index (χ0n) is 12.0. The van der Waals surface area contributed by atoms with Crippen LogP contribution in [0, 0.1) is 5.92 Å². The fraction of sp³-hybridized carbons (Fsp3) is 0.600. The minimum absolute atomic E-state index is 0.00565. The van der Waals surface area contributed by atoms with Crippen LogP contribution in [0.3, 0.4) is 0 Å². The van der Waals surface area contributed by atoms with E-state index in [1.54, 1.807) is 11.3 Å². The number of aliphatic hydroxyl groups is 1. The normalized spacial score (nSPS) is 23.1. The number of rotatable bonds is 4. The van der Waals surface area contributed by atoms with Gasteiger partial charge in [0, 0.05) is 36.3 Å². The van der Waals surface area contributed by atoms with E-state index in [4.69, 9.17) is 0 Å². The Balaban J connectivity index is 1.60. The molecule has 6 heteroatoms. The standard InChI is InChI=1S/C15H21N3O2S/c19-10-11-4-2-1-3-5-13(11)17-14(20)8-12-9-18-6-7-21-15(18)16-12/h6-7,9,11,13,19H,1-5,8,10H2,(H,17,20). The van der Waals surface area contributed by atoms with Crippen molar-refractivity contribution in [2.75, 3.05) is 6.61 Å². The first-order valence-corrected chi connectivity index (χ1v) is 8.45. The van der Waals surface area contributed by atoms with Gasteiger partial charge in [0.05, 0.1) is 12.1 Å². The Labute approximate surface area is 128 Å². The second kappa shape index (κ2) is 6.58. The predicted octanol–water partition coefficient (Wildman–Crippen LogP) is 2.00. The van der Waals surface area contributed by atoms with E-state index in [0.29, 0.717) is 6.42 Å². The number of hydrogen-bond acceptors (Lipinski definition) is 4. The SMILES string of the molecule is O=C(Cc1cn2ccsc2n1)NC1CCCCCC1CO. The zero-order valence-corrected chi connectivity index (χ0v) is 12.8. The van der Waals surface area contributed by atoms with Crippen LogP contribution < -0.4 is 5.32 Å². The van der Waals surface area contributed by atoms with Crippen LogP contribution in [0.25, 0.3) is 4.96 Å². The Morgan fingerprint density at radius 1 is 1.43 bits per heavy atom. The molecule has 2 atom stereocenters. The number of fused-ring (bicyclic) bond motifs is 1. The lowest BCUT2D eigenvalue weighted by Crippen LogP contribution is -2.41. The Kier molecular flexibility index (Phi) is 4.55. The number of hydrogen-bond donors (Lipinski definition) is 2. The maximum Gasteiger partial charge on any atom is 0.226 e. The first-order chi connectivity index (χ1) is 10.3. The lowest BCUT2D eigenvalue weighted by Gasteiger charge is -2.24. The maximum atomic E-state index is 12.2. The smallest absolute Gasteiger partial charge is 0.226 e. The van der Waals surface area contributed by atoms with Gasteiger partial charge in [-0.2, -0.15) is 0 Å². The fourth-order valence-electron chi connectivity index (χ4n) is 3.08. The summed E-state index contributed by atoms with van der Waals surface area (Å²) in [5.74, 6) is 0.202. The molecule has 2 aromatic heterocycles. The fourth-order valence-corrected chi connectivity index (χ4v) is 3.80. The summed E-state index contributed by atoms with van der Waals surface area (Å²) in [4.78, 5) is 17.6. The molecule has 0 radical (unpaired) electrons. The highest BCUT2D eigenvalue weighted by molar-refractivity contribution is 7.15. The summed E-state index contributed by atoms with van der Waals surface area (Å²) in [5, 5.41) is 14.6. The van der Waals surface area contributed by atoms with E-state index < -0.39 is 0 Å². The van der Waals surface area contributed by atoms with E-state index in [1.807, 2.05) is 22.2 Å². The monoisotopic (exact) mass is 307 g/mol. The van der Waals surface area contributed by atoms with Crippen LogP contribution >= 0.6 is 11.3 Å². The molecule has 2 aromatic rings. The van der Waals surface area contributed by atoms with Gasteiger partial charge in [0.25, 0.3) is 0 Å². The third-order valence-corrected chi connectivity index (χ3v) is 5.00. The van der Waals surface area contributed by atoms with Crippen LogP contribution in [0.1, 0.15) is 37.8 Å². The average molecular weight is 307 g/mol. The lowest BCUT2D eigenvalue weighted by molar-refractivity contribution is -0.121. The average Bonchev–Trinajstić information content (AvgIpc) is 2.95. The minimum Gasteiger partial charge on any atom is -0.396 e. The quantitative estimate of drug-likeness (QED) is 0.849. The van der Waals surface area contributed by atoms with Crippen molar-refractivity contribution >= 4 is 22.2 Å². The number of nitrogens with zero attached hydrogens (tertiary/aromatic N) is 2. The first-order valence-electron chi connectivity index (χ1n) is 7.57. The van der Waals surface area contributed by atoms with Gasteiger partial charge in [-0.3, -0.25) is 9.20 Å². The second-order valence-corrected chi connectivity index (χ2v) is 6.63. The van der Waals surface area contributed by atoms with Crippen molar-refractivity contribution in [1.82, 2.24) is 14.7 Å². The van der Waals surface area contributed by atoms with Crippen molar-refractivity contribution in [2.45, 2.75) is 44.6 Å². The predicted molar refractivity (Wildman–Crippen MR) is 82.4 cm³/mol. The molecular formula is C15H21N3O2S. The summed E-state index contributed by atoms with van der Waals surface area (Å²) in [6, 6.07) is 0.105. The molecule has 5 nitrogen and oxygen atoms in total. The molecule has 1 aliphatic rings. The molecule has 1 amide bonds. The van der Waals surface area contributed by atoms with Crippen molar-refractivity contribution < 1.29 is 9.90 Å². The molecule has 1 saturated carbocycles. The molecule has 114 valence electrons. The summed E-state index contributed by atoms with van der Waals surface area (Å²) in [6.07, 6.45) is 9.60. The van der Waals surface area contributed by atoms with Crippen molar-refractivity contribution in [3.05, 3.63) is 23.5 Å². The van der Waals surface area contributed by atoms with E-state index in [2.05, 4.69) is 10.3 Å². The number of imidazole rings is 1. The highest BCUT2D eigenvalue weighted by Gasteiger charge is 2.24. The second-order valence-electron chi connectivity index (χ2n) is 5.76. The van der Waals surface area contributed by atoms with Gasteiger partial charge in [-0.1, -0.05) is 19.3 Å². The van der Waals surface area contributed by atoms with Crippen LogP contribution in [0.4, 0.5) is 0 Å². The molecule has 0 aliphatic heterocycles. The number of aliphatic hydroxyl groups excluding tert-OH is 1. The highest BCUT2D eigenvalue weighted by Crippen LogP contribution is 2.23. The first kappa shape index (κ1) is 14.5. The van der Waals surface area contributed by atoms with E-state index in [-0.39, 0.29) is 24.5 Å². The van der Waals surface area contributed by atoms with E-state index in [9.17, 15) is 9.90 Å². The number of carbonyl (C=O) groups is 1. The van der Waals surface area contributed by atoms with Crippen molar-refractivity contribution in [1.29, 1.82) is 0 Å². The number of aromatic nitrogens is 2. The van der Waals surface area contributed by atoms with Crippen molar-refractivity contribution in [3.63, 3.8) is 0 Å². The Bertz CT molecular complexity index is 578. The molecule has 1 fully saturated rings. The van der Waals surface area contributed by atoms with Gasteiger partial charge in [-0.25, -0.2) is 4.98 Å². The van der Waals surface area contributed by atoms with Crippen molar-refractivity contribution in [2.24, 2.45) is 5.92 Å². The summed E-state index contributed by atoms with van der Waals surface area (Å²) >= 11 is 1.56. The van der Waals surface area contributed by atoms with Crippen molar-refractivity contribution in [3.8, 4) is 0 Å². The Hall–Kier alpha value is -1.40. The number of carbonyl (C=O) groups excluding carboxylic acids is 1. The lowest BCUT2D eigenvalue weighted by atomic mass is 9.95. The highest BCUT2D eigenvalue weighted by atomic mass is 32.1. The topological polar surface area (TPSA) is 66.6 Å². The van der Waals surface area contributed by atoms with Gasteiger partial charge in [0.2, 0.25) is 5.91 Å². The van der Waals surface area contributed by atoms with Gasteiger partial charge >= 0.3 is 0 Å².